The van der Waals surface area contributed by atoms with E-state index in [-0.39, 0.29) is 24.3 Å². The molecule has 2 heterocycles. The fraction of sp³-hybridized carbons (Fsp3) is 0.769. The second-order valence-electron chi connectivity index (χ2n) is 5.81. The average Bonchev–Trinajstić information content (AvgIpc) is 3.04. The van der Waals surface area contributed by atoms with E-state index in [2.05, 4.69) is 18.8 Å². The Labute approximate surface area is 125 Å². The first-order chi connectivity index (χ1) is 9.88. The number of aliphatic hydroxyl groups excluding tert-OH is 1. The Hall–Kier alpha value is -0.960. The highest BCUT2D eigenvalue weighted by Crippen LogP contribution is 2.26. The third-order valence-corrected chi connectivity index (χ3v) is 5.43. The van der Waals surface area contributed by atoms with Gasteiger partial charge >= 0.3 is 0 Å². The molecule has 0 radical (unpaired) electrons. The number of hydrogen-bond acceptors (Lipinski definition) is 5. The van der Waals surface area contributed by atoms with E-state index >= 15 is 0 Å². The van der Waals surface area contributed by atoms with Crippen LogP contribution in [0.25, 0.3) is 0 Å². The Balaban J connectivity index is 2.22. The van der Waals surface area contributed by atoms with Crippen molar-refractivity contribution in [3.63, 3.8) is 0 Å². The summed E-state index contributed by atoms with van der Waals surface area (Å²) in [5, 5.41) is 9.42. The summed E-state index contributed by atoms with van der Waals surface area (Å²) in [6, 6.07) is -0.449. The first kappa shape index (κ1) is 16.4. The molecule has 2 atom stereocenters. The van der Waals surface area contributed by atoms with E-state index in [9.17, 15) is 13.5 Å². The molecule has 0 bridgehead atoms. The second-order valence-corrected chi connectivity index (χ2v) is 7.64. The van der Waals surface area contributed by atoms with E-state index in [1.165, 1.54) is 10.6 Å². The van der Waals surface area contributed by atoms with Crippen LogP contribution in [0.1, 0.15) is 20.3 Å². The lowest BCUT2D eigenvalue weighted by Crippen LogP contribution is -2.38. The van der Waals surface area contributed by atoms with Crippen molar-refractivity contribution in [1.29, 1.82) is 0 Å². The minimum absolute atomic E-state index is 0.0263. The predicted molar refractivity (Wildman–Crippen MR) is 77.2 cm³/mol. The highest BCUT2D eigenvalue weighted by molar-refractivity contribution is 7.89. The van der Waals surface area contributed by atoms with Gasteiger partial charge in [0.2, 0.25) is 0 Å². The third kappa shape index (κ3) is 3.45. The Kier molecular flexibility index (Phi) is 5.03. The standard InChI is InChI=1S/C13H23N3O4S/c1-10(2)5-15-7-13(14-9-15)21(18,19)16-6-12(20-3)4-11(16)8-17/h7,9-12,17H,4-6,8H2,1-3H3/t11-,12+/m0/s1. The molecule has 0 saturated carbocycles. The number of ether oxygens (including phenoxy) is 1. The maximum absolute atomic E-state index is 12.6. The molecule has 2 rings (SSSR count). The first-order valence-electron chi connectivity index (χ1n) is 7.05. The predicted octanol–water partition coefficient (Wildman–Crippen LogP) is 0.309. The molecule has 1 aromatic heterocycles. The molecule has 1 saturated heterocycles. The largest absolute Gasteiger partial charge is 0.395 e. The van der Waals surface area contributed by atoms with Crippen LogP contribution >= 0.6 is 0 Å². The van der Waals surface area contributed by atoms with Crippen molar-refractivity contribution in [2.75, 3.05) is 20.3 Å². The third-order valence-electron chi connectivity index (χ3n) is 3.63. The fourth-order valence-corrected chi connectivity index (χ4v) is 4.19. The zero-order chi connectivity index (χ0) is 15.6. The highest BCUT2D eigenvalue weighted by Gasteiger charge is 2.41. The number of nitrogens with zero attached hydrogens (tertiary/aromatic N) is 3. The van der Waals surface area contributed by atoms with E-state index in [0.717, 1.165) is 0 Å². The highest BCUT2D eigenvalue weighted by atomic mass is 32.2. The van der Waals surface area contributed by atoms with Crippen LogP contribution in [0.4, 0.5) is 0 Å². The van der Waals surface area contributed by atoms with E-state index in [1.54, 1.807) is 17.9 Å². The number of aliphatic hydroxyl groups is 1. The first-order valence-corrected chi connectivity index (χ1v) is 8.49. The van der Waals surface area contributed by atoms with Gasteiger partial charge in [0.15, 0.2) is 5.03 Å². The molecule has 21 heavy (non-hydrogen) atoms. The Morgan fingerprint density at radius 2 is 2.24 bits per heavy atom. The van der Waals surface area contributed by atoms with Crippen molar-refractivity contribution >= 4 is 10.0 Å². The van der Waals surface area contributed by atoms with Gasteiger partial charge in [0.25, 0.3) is 10.0 Å². The van der Waals surface area contributed by atoms with Gasteiger partial charge in [-0.15, -0.1) is 0 Å². The van der Waals surface area contributed by atoms with Gasteiger partial charge in [-0.25, -0.2) is 13.4 Å². The maximum Gasteiger partial charge on any atom is 0.262 e. The van der Waals surface area contributed by atoms with Crippen LogP contribution in [0.15, 0.2) is 17.6 Å². The van der Waals surface area contributed by atoms with Crippen LogP contribution in [-0.2, 0) is 21.3 Å². The summed E-state index contributed by atoms with van der Waals surface area (Å²) in [6.07, 6.45) is 3.39. The molecule has 1 aromatic rings. The summed E-state index contributed by atoms with van der Waals surface area (Å²) in [5.74, 6) is 0.407. The summed E-state index contributed by atoms with van der Waals surface area (Å²) < 4.78 is 33.6. The van der Waals surface area contributed by atoms with Gasteiger partial charge < -0.3 is 14.4 Å². The van der Waals surface area contributed by atoms with Crippen LogP contribution in [0, 0.1) is 5.92 Å². The Bertz CT molecular complexity index is 570. The number of aromatic nitrogens is 2. The molecule has 8 heteroatoms. The molecule has 1 aliphatic heterocycles. The summed E-state index contributed by atoms with van der Waals surface area (Å²) in [4.78, 5) is 4.02. The minimum Gasteiger partial charge on any atom is -0.395 e. The molecule has 0 aliphatic carbocycles. The molecule has 0 amide bonds. The second kappa shape index (κ2) is 6.43. The molecule has 0 spiro atoms. The van der Waals surface area contributed by atoms with Crippen molar-refractivity contribution in [3.05, 3.63) is 12.5 Å². The average molecular weight is 317 g/mol. The van der Waals surface area contributed by atoms with E-state index in [1.807, 2.05) is 0 Å². The van der Waals surface area contributed by atoms with Crippen LogP contribution in [0.3, 0.4) is 0 Å². The number of sulfonamides is 1. The monoisotopic (exact) mass is 317 g/mol. The van der Waals surface area contributed by atoms with Crippen molar-refractivity contribution < 1.29 is 18.3 Å². The van der Waals surface area contributed by atoms with Gasteiger partial charge in [0.05, 0.1) is 25.1 Å². The summed E-state index contributed by atoms with van der Waals surface area (Å²) in [5.41, 5.74) is 0. The number of methoxy groups -OCH3 is 1. The molecular weight excluding hydrogens is 294 g/mol. The van der Waals surface area contributed by atoms with Gasteiger partial charge in [-0.3, -0.25) is 0 Å². The lowest BCUT2D eigenvalue weighted by atomic mass is 10.2. The van der Waals surface area contributed by atoms with Crippen molar-refractivity contribution in [2.24, 2.45) is 5.92 Å². The Morgan fingerprint density at radius 1 is 1.52 bits per heavy atom. The van der Waals surface area contributed by atoms with Crippen molar-refractivity contribution in [1.82, 2.24) is 13.9 Å². The molecule has 120 valence electrons. The van der Waals surface area contributed by atoms with Gasteiger partial charge in [0.1, 0.15) is 0 Å². The molecular formula is C13H23N3O4S. The van der Waals surface area contributed by atoms with E-state index in [4.69, 9.17) is 4.74 Å². The molecule has 1 fully saturated rings. The summed E-state index contributed by atoms with van der Waals surface area (Å²) >= 11 is 0. The zero-order valence-corrected chi connectivity index (χ0v) is 13.5. The van der Waals surface area contributed by atoms with E-state index < -0.39 is 16.1 Å². The molecule has 7 nitrogen and oxygen atoms in total. The molecule has 1 aliphatic rings. The number of imidazole rings is 1. The van der Waals surface area contributed by atoms with Gasteiger partial charge in [-0.05, 0) is 12.3 Å². The topological polar surface area (TPSA) is 84.7 Å². The lowest BCUT2D eigenvalue weighted by Gasteiger charge is -2.20. The normalized spacial score (nSPS) is 24.0. The minimum atomic E-state index is -3.70. The lowest BCUT2D eigenvalue weighted by molar-refractivity contribution is 0.113. The van der Waals surface area contributed by atoms with Gasteiger partial charge in [-0.2, -0.15) is 4.31 Å². The molecule has 0 aromatic carbocycles. The number of rotatable bonds is 6. The number of hydrogen-bond donors (Lipinski definition) is 1. The SMILES string of the molecule is CO[C@@H]1C[C@@H](CO)N(S(=O)(=O)c2cn(CC(C)C)cn2)C1. The Morgan fingerprint density at radius 3 is 2.81 bits per heavy atom. The van der Waals surface area contributed by atoms with Crippen LogP contribution in [0.2, 0.25) is 0 Å². The summed E-state index contributed by atoms with van der Waals surface area (Å²) in [6.45, 7) is 4.86. The quantitative estimate of drug-likeness (QED) is 0.816. The van der Waals surface area contributed by atoms with Crippen LogP contribution in [0.5, 0.6) is 0 Å². The zero-order valence-electron chi connectivity index (χ0n) is 12.6. The van der Waals surface area contributed by atoms with Crippen molar-refractivity contribution in [2.45, 2.75) is 44.0 Å². The maximum atomic E-state index is 12.6. The van der Waals surface area contributed by atoms with E-state index in [0.29, 0.717) is 18.9 Å². The van der Waals surface area contributed by atoms with Crippen molar-refractivity contribution in [3.8, 4) is 0 Å². The smallest absolute Gasteiger partial charge is 0.262 e. The summed E-state index contributed by atoms with van der Waals surface area (Å²) in [7, 11) is -2.15. The molecule has 0 unspecified atom stereocenters. The van der Waals surface area contributed by atoms with Crippen LogP contribution < -0.4 is 0 Å². The fourth-order valence-electron chi connectivity index (χ4n) is 2.59. The van der Waals surface area contributed by atoms with Gasteiger partial charge in [-0.1, -0.05) is 13.8 Å². The van der Waals surface area contributed by atoms with Gasteiger partial charge in [0, 0.05) is 26.4 Å². The van der Waals surface area contributed by atoms with Crippen LogP contribution in [-0.4, -0.2) is 59.8 Å². The molecule has 1 N–H and O–H groups in total.